The van der Waals surface area contributed by atoms with Crippen LogP contribution in [0.5, 0.6) is 0 Å². The average molecular weight is 325 g/mol. The first-order valence-corrected chi connectivity index (χ1v) is 8.13. The van der Waals surface area contributed by atoms with Crippen molar-refractivity contribution >= 4 is 32.6 Å². The summed E-state index contributed by atoms with van der Waals surface area (Å²) < 4.78 is 13.8. The summed E-state index contributed by atoms with van der Waals surface area (Å²) in [4.78, 5) is 18.2. The van der Waals surface area contributed by atoms with Crippen LogP contribution >= 0.6 is 11.3 Å². The van der Waals surface area contributed by atoms with Crippen LogP contribution in [0.1, 0.15) is 19.8 Å². The summed E-state index contributed by atoms with van der Waals surface area (Å²) >= 11 is 1.25. The number of thiazole rings is 1. The molecule has 1 heterocycles. The van der Waals surface area contributed by atoms with E-state index in [0.717, 1.165) is 19.4 Å². The van der Waals surface area contributed by atoms with Crippen molar-refractivity contribution in [3.8, 4) is 0 Å². The molecule has 0 saturated carbocycles. The van der Waals surface area contributed by atoms with Crippen molar-refractivity contribution in [1.29, 1.82) is 0 Å². The molecule has 0 atom stereocenters. The minimum absolute atomic E-state index is 0.0252. The number of aliphatic hydroxyl groups is 1. The molecule has 0 radical (unpaired) electrons. The molecule has 0 unspecified atom stereocenters. The van der Waals surface area contributed by atoms with Gasteiger partial charge in [0.15, 0.2) is 5.13 Å². The first kappa shape index (κ1) is 16.8. The zero-order valence-electron chi connectivity index (χ0n) is 12.5. The molecule has 2 aromatic rings. The number of nitrogens with one attached hydrogen (secondary N) is 1. The Labute approximate surface area is 132 Å². The highest BCUT2D eigenvalue weighted by atomic mass is 32.1. The van der Waals surface area contributed by atoms with E-state index < -0.39 is 0 Å². The van der Waals surface area contributed by atoms with Gasteiger partial charge in [0, 0.05) is 6.54 Å². The maximum Gasteiger partial charge on any atom is 0.240 e. The number of carbonyl (C=O) groups excluding carboxylic acids is 1. The number of amides is 1. The smallest absolute Gasteiger partial charge is 0.240 e. The van der Waals surface area contributed by atoms with E-state index >= 15 is 0 Å². The number of aliphatic hydroxyl groups excluding tert-OH is 1. The van der Waals surface area contributed by atoms with E-state index in [4.69, 9.17) is 5.11 Å². The fourth-order valence-corrected chi connectivity index (χ4v) is 3.01. The van der Waals surface area contributed by atoms with Gasteiger partial charge in [-0.1, -0.05) is 24.7 Å². The summed E-state index contributed by atoms with van der Waals surface area (Å²) in [5, 5.41) is 12.2. The Kier molecular flexibility index (Phi) is 6.23. The number of halogens is 1. The molecule has 0 aliphatic carbocycles. The van der Waals surface area contributed by atoms with Gasteiger partial charge in [0.05, 0.1) is 23.4 Å². The maximum absolute atomic E-state index is 13.1. The summed E-state index contributed by atoms with van der Waals surface area (Å²) in [5.74, 6) is -0.494. The lowest BCUT2D eigenvalue weighted by atomic mass is 10.3. The largest absolute Gasteiger partial charge is 0.395 e. The monoisotopic (exact) mass is 325 g/mol. The molecule has 1 amide bonds. The second-order valence-electron chi connectivity index (χ2n) is 5.03. The number of anilines is 1. The first-order valence-electron chi connectivity index (χ1n) is 7.31. The number of hydrogen-bond acceptors (Lipinski definition) is 5. The number of fused-ring (bicyclic) bond motifs is 1. The van der Waals surface area contributed by atoms with Crippen LogP contribution in [0.3, 0.4) is 0 Å². The van der Waals surface area contributed by atoms with Crippen molar-refractivity contribution in [3.63, 3.8) is 0 Å². The van der Waals surface area contributed by atoms with Crippen LogP contribution < -0.4 is 5.32 Å². The molecule has 0 aliphatic heterocycles. The second kappa shape index (κ2) is 8.17. The van der Waals surface area contributed by atoms with E-state index in [1.807, 2.05) is 4.90 Å². The van der Waals surface area contributed by atoms with Crippen molar-refractivity contribution in [3.05, 3.63) is 24.0 Å². The molecule has 2 rings (SSSR count). The predicted octanol–water partition coefficient (Wildman–Crippen LogP) is 2.47. The Bertz CT molecular complexity index is 632. The Balaban J connectivity index is 1.96. The number of rotatable bonds is 8. The molecule has 2 N–H and O–H groups in total. The van der Waals surface area contributed by atoms with Gasteiger partial charge in [0.1, 0.15) is 5.82 Å². The number of aromatic nitrogens is 1. The van der Waals surface area contributed by atoms with Gasteiger partial charge >= 0.3 is 0 Å². The Morgan fingerprint density at radius 3 is 3.00 bits per heavy atom. The molecule has 1 aromatic heterocycles. The summed E-state index contributed by atoms with van der Waals surface area (Å²) in [7, 11) is 0. The summed E-state index contributed by atoms with van der Waals surface area (Å²) in [5.41, 5.74) is 0.667. The fraction of sp³-hybridized carbons (Fsp3) is 0.467. The first-order chi connectivity index (χ1) is 10.6. The summed E-state index contributed by atoms with van der Waals surface area (Å²) in [6.45, 7) is 3.56. The topological polar surface area (TPSA) is 65.5 Å². The van der Waals surface area contributed by atoms with Gasteiger partial charge in [-0.15, -0.1) is 0 Å². The lowest BCUT2D eigenvalue weighted by Crippen LogP contribution is -2.35. The molecule has 0 fully saturated rings. The van der Waals surface area contributed by atoms with Gasteiger partial charge in [-0.25, -0.2) is 9.37 Å². The van der Waals surface area contributed by atoms with Crippen molar-refractivity contribution in [2.75, 3.05) is 31.6 Å². The van der Waals surface area contributed by atoms with Crippen molar-refractivity contribution < 1.29 is 14.3 Å². The Hall–Kier alpha value is -1.57. The molecule has 1 aromatic carbocycles. The third kappa shape index (κ3) is 4.72. The lowest BCUT2D eigenvalue weighted by molar-refractivity contribution is -0.117. The normalized spacial score (nSPS) is 11.3. The van der Waals surface area contributed by atoms with Crippen LogP contribution in [-0.4, -0.2) is 47.1 Å². The second-order valence-corrected chi connectivity index (χ2v) is 6.06. The van der Waals surface area contributed by atoms with Crippen LogP contribution in [-0.2, 0) is 4.79 Å². The number of unbranched alkanes of at least 4 members (excludes halogenated alkanes) is 1. The van der Waals surface area contributed by atoms with Gasteiger partial charge in [-0.05, 0) is 31.2 Å². The fourth-order valence-electron chi connectivity index (χ4n) is 2.11. The maximum atomic E-state index is 13.1. The third-order valence-electron chi connectivity index (χ3n) is 3.21. The van der Waals surface area contributed by atoms with E-state index in [1.54, 1.807) is 6.07 Å². The molecular weight excluding hydrogens is 305 g/mol. The van der Waals surface area contributed by atoms with Crippen LogP contribution in [0.25, 0.3) is 10.2 Å². The van der Waals surface area contributed by atoms with E-state index in [0.29, 0.717) is 21.9 Å². The standard InChI is InChI=1S/C15H20FN3O2S/c1-2-3-6-19(7-8-20)10-14(21)18-15-17-12-5-4-11(16)9-13(12)22-15/h4-5,9,20H,2-3,6-8,10H2,1H3,(H,17,18,21). The summed E-state index contributed by atoms with van der Waals surface area (Å²) in [6, 6.07) is 4.35. The van der Waals surface area contributed by atoms with Crippen LogP contribution in [0.2, 0.25) is 0 Å². The number of benzene rings is 1. The van der Waals surface area contributed by atoms with Crippen LogP contribution in [0.4, 0.5) is 9.52 Å². The van der Waals surface area contributed by atoms with E-state index in [2.05, 4.69) is 17.2 Å². The van der Waals surface area contributed by atoms with Gasteiger partial charge in [0.2, 0.25) is 5.91 Å². The molecule has 0 bridgehead atoms. The Morgan fingerprint density at radius 2 is 2.27 bits per heavy atom. The van der Waals surface area contributed by atoms with Gasteiger partial charge in [0.25, 0.3) is 0 Å². The van der Waals surface area contributed by atoms with Crippen LogP contribution in [0, 0.1) is 5.82 Å². The molecule has 0 spiro atoms. The van der Waals surface area contributed by atoms with Crippen molar-refractivity contribution in [1.82, 2.24) is 9.88 Å². The molecule has 5 nitrogen and oxygen atoms in total. The number of nitrogens with zero attached hydrogens (tertiary/aromatic N) is 2. The quantitative estimate of drug-likeness (QED) is 0.782. The molecule has 0 saturated heterocycles. The van der Waals surface area contributed by atoms with E-state index in [-0.39, 0.29) is 24.9 Å². The molecule has 120 valence electrons. The van der Waals surface area contributed by atoms with Crippen molar-refractivity contribution in [2.24, 2.45) is 0 Å². The molecular formula is C15H20FN3O2S. The van der Waals surface area contributed by atoms with Gasteiger partial charge in [-0.2, -0.15) is 0 Å². The third-order valence-corrected chi connectivity index (χ3v) is 4.14. The van der Waals surface area contributed by atoms with E-state index in [9.17, 15) is 9.18 Å². The van der Waals surface area contributed by atoms with Gasteiger partial charge < -0.3 is 10.4 Å². The molecule has 22 heavy (non-hydrogen) atoms. The zero-order valence-corrected chi connectivity index (χ0v) is 13.3. The number of hydrogen-bond donors (Lipinski definition) is 2. The number of carbonyl (C=O) groups is 1. The van der Waals surface area contributed by atoms with Crippen LogP contribution in [0.15, 0.2) is 18.2 Å². The van der Waals surface area contributed by atoms with E-state index in [1.165, 1.54) is 23.5 Å². The van der Waals surface area contributed by atoms with Gasteiger partial charge in [-0.3, -0.25) is 9.69 Å². The highest BCUT2D eigenvalue weighted by Gasteiger charge is 2.12. The SMILES string of the molecule is CCCCN(CCO)CC(=O)Nc1nc2ccc(F)cc2s1. The average Bonchev–Trinajstić information content (AvgIpc) is 2.86. The molecule has 0 aliphatic rings. The predicted molar refractivity (Wildman–Crippen MR) is 86.6 cm³/mol. The zero-order chi connectivity index (χ0) is 15.9. The minimum atomic E-state index is -0.317. The highest BCUT2D eigenvalue weighted by molar-refractivity contribution is 7.22. The Morgan fingerprint density at radius 1 is 1.45 bits per heavy atom. The summed E-state index contributed by atoms with van der Waals surface area (Å²) in [6.07, 6.45) is 2.01. The minimum Gasteiger partial charge on any atom is -0.395 e. The molecule has 7 heteroatoms. The lowest BCUT2D eigenvalue weighted by Gasteiger charge is -2.19. The van der Waals surface area contributed by atoms with Crippen molar-refractivity contribution in [2.45, 2.75) is 19.8 Å². The highest BCUT2D eigenvalue weighted by Crippen LogP contribution is 2.26.